The molecule has 6 heteroatoms. The topological polar surface area (TPSA) is 89.8 Å². The van der Waals surface area contributed by atoms with E-state index < -0.39 is 30.0 Å². The van der Waals surface area contributed by atoms with E-state index in [2.05, 4.69) is 6.92 Å². The summed E-state index contributed by atoms with van der Waals surface area (Å²) in [6.45, 7) is 3.05. The zero-order valence-electron chi connectivity index (χ0n) is 12.7. The van der Waals surface area contributed by atoms with E-state index in [1.807, 2.05) is 0 Å². The first-order valence-corrected chi connectivity index (χ1v) is 7.40. The average molecular weight is 291 g/mol. The summed E-state index contributed by atoms with van der Waals surface area (Å²) in [5.74, 6) is -1.31. The molecule has 0 saturated heterocycles. The van der Waals surface area contributed by atoms with E-state index in [1.54, 1.807) is 0 Å². The van der Waals surface area contributed by atoms with Gasteiger partial charge in [0.15, 0.2) is 20.2 Å². The van der Waals surface area contributed by atoms with Crippen LogP contribution in [-0.4, -0.2) is 53.5 Å². The lowest BCUT2D eigenvalue weighted by atomic mass is 10.1. The summed E-state index contributed by atoms with van der Waals surface area (Å²) in [5, 5.41) is 29.6. The molecular formula is C14H29NO5. The number of quaternary nitrogens is 1. The Kier molecular flexibility index (Phi) is 10.6. The van der Waals surface area contributed by atoms with Crippen LogP contribution in [0.15, 0.2) is 0 Å². The molecule has 1 unspecified atom stereocenters. The minimum atomic E-state index is -1.31. The minimum Gasteiger partial charge on any atom is -0.544 e. The standard InChI is InChI=1S/C14H29NO5/c1-3-4-5-6-7-8-9-20-12-15(10-16,11-17)13(2)14(18)19/h13,16-17H,3-12H2,1-2H3. The van der Waals surface area contributed by atoms with Crippen LogP contribution >= 0.6 is 0 Å². The quantitative estimate of drug-likeness (QED) is 0.287. The van der Waals surface area contributed by atoms with Gasteiger partial charge in [-0.3, -0.25) is 0 Å². The molecule has 0 aromatic rings. The number of aliphatic hydroxyl groups excluding tert-OH is 2. The predicted molar refractivity (Wildman–Crippen MR) is 73.1 cm³/mol. The summed E-state index contributed by atoms with van der Waals surface area (Å²) < 4.78 is 4.97. The molecule has 0 aliphatic heterocycles. The summed E-state index contributed by atoms with van der Waals surface area (Å²) in [6, 6.07) is -1.02. The SMILES string of the molecule is CCCCCCCCOC[N+](CO)(CO)C(C)C(=O)[O-]. The molecule has 2 N–H and O–H groups in total. The van der Waals surface area contributed by atoms with Crippen LogP contribution in [0.1, 0.15) is 52.4 Å². The van der Waals surface area contributed by atoms with Gasteiger partial charge in [-0.25, -0.2) is 4.48 Å². The van der Waals surface area contributed by atoms with Crippen LogP contribution in [0.25, 0.3) is 0 Å². The molecule has 120 valence electrons. The number of rotatable bonds is 13. The second-order valence-corrected chi connectivity index (χ2v) is 5.30. The van der Waals surface area contributed by atoms with Crippen molar-refractivity contribution in [1.82, 2.24) is 0 Å². The van der Waals surface area contributed by atoms with Crippen molar-refractivity contribution >= 4 is 5.97 Å². The van der Waals surface area contributed by atoms with Crippen LogP contribution in [0.3, 0.4) is 0 Å². The Hall–Kier alpha value is -0.690. The van der Waals surface area contributed by atoms with Gasteiger partial charge in [-0.1, -0.05) is 39.0 Å². The van der Waals surface area contributed by atoms with Gasteiger partial charge >= 0.3 is 0 Å². The number of carbonyl (C=O) groups excluding carboxylic acids is 1. The number of carboxylic acid groups (broad SMARTS) is 1. The van der Waals surface area contributed by atoms with Crippen LogP contribution in [0.5, 0.6) is 0 Å². The Balaban J connectivity index is 3.95. The van der Waals surface area contributed by atoms with Crippen molar-refractivity contribution in [1.29, 1.82) is 0 Å². The molecule has 20 heavy (non-hydrogen) atoms. The lowest BCUT2D eigenvalue weighted by Gasteiger charge is -2.39. The molecule has 0 aliphatic rings. The van der Waals surface area contributed by atoms with E-state index in [1.165, 1.54) is 32.6 Å². The summed E-state index contributed by atoms with van der Waals surface area (Å²) in [6.07, 6.45) is 6.84. The number of aliphatic carboxylic acids is 1. The number of hydrogen-bond acceptors (Lipinski definition) is 5. The lowest BCUT2D eigenvalue weighted by Crippen LogP contribution is -2.62. The average Bonchev–Trinajstić information content (AvgIpc) is 2.45. The van der Waals surface area contributed by atoms with Gasteiger partial charge in [0.2, 0.25) is 0 Å². The first-order chi connectivity index (χ1) is 9.54. The van der Waals surface area contributed by atoms with Crippen molar-refractivity contribution in [2.75, 3.05) is 26.8 Å². The fourth-order valence-electron chi connectivity index (χ4n) is 1.94. The molecule has 0 rings (SSSR count). The molecule has 0 saturated carbocycles. The predicted octanol–water partition coefficient (Wildman–Crippen LogP) is 0.176. The molecule has 0 spiro atoms. The Bertz CT molecular complexity index is 256. The van der Waals surface area contributed by atoms with E-state index in [9.17, 15) is 20.1 Å². The first kappa shape index (κ1) is 19.3. The summed E-state index contributed by atoms with van der Waals surface area (Å²) in [7, 11) is 0. The molecular weight excluding hydrogens is 262 g/mol. The Morgan fingerprint density at radius 3 is 2.20 bits per heavy atom. The van der Waals surface area contributed by atoms with E-state index in [-0.39, 0.29) is 6.73 Å². The van der Waals surface area contributed by atoms with E-state index in [0.29, 0.717) is 6.61 Å². The number of unbranched alkanes of at least 4 members (excludes halogenated alkanes) is 5. The van der Waals surface area contributed by atoms with Crippen molar-refractivity contribution in [3.63, 3.8) is 0 Å². The molecule has 6 nitrogen and oxygen atoms in total. The molecule has 0 bridgehead atoms. The van der Waals surface area contributed by atoms with Crippen molar-refractivity contribution in [2.24, 2.45) is 0 Å². The van der Waals surface area contributed by atoms with Crippen molar-refractivity contribution in [3.05, 3.63) is 0 Å². The van der Waals surface area contributed by atoms with Gasteiger partial charge in [-0.05, 0) is 13.3 Å². The van der Waals surface area contributed by atoms with E-state index >= 15 is 0 Å². The fourth-order valence-corrected chi connectivity index (χ4v) is 1.94. The Morgan fingerprint density at radius 1 is 1.15 bits per heavy atom. The number of ether oxygens (including phenoxy) is 1. The van der Waals surface area contributed by atoms with E-state index in [4.69, 9.17) is 4.74 Å². The molecule has 1 atom stereocenters. The molecule has 0 amide bonds. The normalized spacial score (nSPS) is 13.4. The largest absolute Gasteiger partial charge is 0.544 e. The highest BCUT2D eigenvalue weighted by Crippen LogP contribution is 2.12. The first-order valence-electron chi connectivity index (χ1n) is 7.40. The maximum atomic E-state index is 10.9. The monoisotopic (exact) mass is 291 g/mol. The third-order valence-electron chi connectivity index (χ3n) is 3.72. The van der Waals surface area contributed by atoms with Crippen LogP contribution in [-0.2, 0) is 9.53 Å². The molecule has 0 aromatic heterocycles. The van der Waals surface area contributed by atoms with Crippen molar-refractivity contribution in [3.8, 4) is 0 Å². The number of hydrogen-bond donors (Lipinski definition) is 2. The third-order valence-corrected chi connectivity index (χ3v) is 3.72. The number of carbonyl (C=O) groups is 1. The van der Waals surface area contributed by atoms with Crippen LogP contribution in [0, 0.1) is 0 Å². The van der Waals surface area contributed by atoms with Crippen molar-refractivity contribution in [2.45, 2.75) is 58.4 Å². The zero-order chi connectivity index (χ0) is 15.4. The maximum absolute atomic E-state index is 10.9. The molecule has 0 fully saturated rings. The lowest BCUT2D eigenvalue weighted by molar-refractivity contribution is -0.990. The molecule has 0 aliphatic carbocycles. The van der Waals surface area contributed by atoms with Crippen LogP contribution in [0.2, 0.25) is 0 Å². The number of aliphatic hydroxyl groups is 2. The smallest absolute Gasteiger partial charge is 0.187 e. The van der Waals surface area contributed by atoms with E-state index in [0.717, 1.165) is 12.8 Å². The molecule has 0 radical (unpaired) electrons. The highest BCUT2D eigenvalue weighted by Gasteiger charge is 2.34. The van der Waals surface area contributed by atoms with Gasteiger partial charge in [0.05, 0.1) is 12.6 Å². The highest BCUT2D eigenvalue weighted by atomic mass is 16.5. The molecule has 0 aromatic carbocycles. The second-order valence-electron chi connectivity index (χ2n) is 5.30. The van der Waals surface area contributed by atoms with Gasteiger partial charge in [-0.2, -0.15) is 0 Å². The van der Waals surface area contributed by atoms with Gasteiger partial charge in [-0.15, -0.1) is 0 Å². The van der Waals surface area contributed by atoms with Gasteiger partial charge in [0, 0.05) is 0 Å². The van der Waals surface area contributed by atoms with Gasteiger partial charge in [0.1, 0.15) is 6.04 Å². The highest BCUT2D eigenvalue weighted by molar-refractivity contribution is 5.69. The fraction of sp³-hybridized carbons (Fsp3) is 0.929. The Labute approximate surface area is 121 Å². The minimum absolute atomic E-state index is 0.0306. The summed E-state index contributed by atoms with van der Waals surface area (Å²) >= 11 is 0. The van der Waals surface area contributed by atoms with Gasteiger partial charge < -0.3 is 24.9 Å². The summed E-state index contributed by atoms with van der Waals surface area (Å²) in [4.78, 5) is 10.9. The van der Waals surface area contributed by atoms with Crippen LogP contribution in [0.4, 0.5) is 0 Å². The van der Waals surface area contributed by atoms with Gasteiger partial charge in [0.25, 0.3) is 0 Å². The second kappa shape index (κ2) is 11.0. The molecule has 0 heterocycles. The number of carboxylic acids is 1. The summed E-state index contributed by atoms with van der Waals surface area (Å²) in [5.41, 5.74) is 0. The maximum Gasteiger partial charge on any atom is 0.187 e. The zero-order valence-corrected chi connectivity index (χ0v) is 12.7. The van der Waals surface area contributed by atoms with Crippen molar-refractivity contribution < 1.29 is 29.3 Å². The Morgan fingerprint density at radius 2 is 1.70 bits per heavy atom. The van der Waals surface area contributed by atoms with Crippen LogP contribution < -0.4 is 5.11 Å². The third kappa shape index (κ3) is 6.65. The number of nitrogens with zero attached hydrogens (tertiary/aromatic N) is 1.